The lowest BCUT2D eigenvalue weighted by Gasteiger charge is -2.27. The quantitative estimate of drug-likeness (QED) is 0.160. The zero-order valence-corrected chi connectivity index (χ0v) is 20.1. The van der Waals surface area contributed by atoms with E-state index in [-0.39, 0.29) is 18.1 Å². The molecule has 0 bridgehead atoms. The summed E-state index contributed by atoms with van der Waals surface area (Å²) in [4.78, 5) is 61.2. The van der Waals surface area contributed by atoms with Gasteiger partial charge in [0.25, 0.3) is 0 Å². The van der Waals surface area contributed by atoms with E-state index < -0.39 is 60.2 Å². The second-order valence-electron chi connectivity index (χ2n) is 7.98. The number of rotatable bonds is 14. The second-order valence-corrected chi connectivity index (χ2v) is 8.35. The minimum absolute atomic E-state index is 0.00658. The fraction of sp³-hybridized carbons (Fsp3) is 0.500. The van der Waals surface area contributed by atoms with Crippen LogP contribution in [0, 0.1) is 5.92 Å². The van der Waals surface area contributed by atoms with Crippen LogP contribution in [0.25, 0.3) is 0 Å². The number of nitrogens with two attached hydrogens (primary N) is 2. The summed E-state index contributed by atoms with van der Waals surface area (Å²) in [6, 6.07) is 4.04. The van der Waals surface area contributed by atoms with Crippen LogP contribution in [0.2, 0.25) is 0 Å². The van der Waals surface area contributed by atoms with Crippen LogP contribution in [0.4, 0.5) is 0 Å². The van der Waals surface area contributed by atoms with E-state index in [4.69, 9.17) is 11.5 Å². The number of carboxylic acids is 1. The summed E-state index contributed by atoms with van der Waals surface area (Å²) in [6.45, 7) is 3.50. The number of benzene rings is 1. The van der Waals surface area contributed by atoms with Crippen molar-refractivity contribution in [1.29, 1.82) is 0 Å². The molecule has 1 aromatic rings. The molecule has 0 aliphatic rings. The van der Waals surface area contributed by atoms with Crippen LogP contribution >= 0.6 is 12.6 Å². The Kier molecular flexibility index (Phi) is 12.1. The average molecular weight is 496 g/mol. The predicted molar refractivity (Wildman–Crippen MR) is 129 cm³/mol. The van der Waals surface area contributed by atoms with E-state index in [1.807, 2.05) is 0 Å². The van der Waals surface area contributed by atoms with Gasteiger partial charge in [-0.3, -0.25) is 19.2 Å². The molecule has 0 radical (unpaired) electrons. The standard InChI is InChI=1S/C22H33N5O6S/c1-3-12(2)18(21(31)26-16(22(32)33)9-13-7-5-4-6-8-13)27-20(30)15(10-17(24)28)25-19(29)14(23)11-34/h4-8,12,14-16,18,34H,3,9-11,23H2,1-2H3,(H2,24,28)(H,25,29)(H,26,31)(H,27,30)(H,32,33). The zero-order valence-electron chi connectivity index (χ0n) is 19.2. The highest BCUT2D eigenvalue weighted by molar-refractivity contribution is 7.80. The van der Waals surface area contributed by atoms with E-state index in [2.05, 4.69) is 28.6 Å². The Labute approximate surface area is 203 Å². The summed E-state index contributed by atoms with van der Waals surface area (Å²) in [5.74, 6) is -4.71. The van der Waals surface area contributed by atoms with E-state index in [0.29, 0.717) is 12.0 Å². The number of carbonyl (C=O) groups is 5. The van der Waals surface area contributed by atoms with Crippen molar-refractivity contribution in [1.82, 2.24) is 16.0 Å². The molecule has 0 aliphatic heterocycles. The van der Waals surface area contributed by atoms with Crippen molar-refractivity contribution in [3.05, 3.63) is 35.9 Å². The second kappa shape index (κ2) is 14.2. The van der Waals surface area contributed by atoms with Gasteiger partial charge in [0, 0.05) is 12.2 Å². The molecule has 0 saturated heterocycles. The van der Waals surface area contributed by atoms with Crippen LogP contribution in [0.3, 0.4) is 0 Å². The number of carboxylic acid groups (broad SMARTS) is 1. The number of carbonyl (C=O) groups excluding carboxylic acids is 4. The number of hydrogen-bond donors (Lipinski definition) is 7. The maximum Gasteiger partial charge on any atom is 0.326 e. The fourth-order valence-electron chi connectivity index (χ4n) is 3.04. The summed E-state index contributed by atoms with van der Waals surface area (Å²) in [5, 5.41) is 16.9. The maximum atomic E-state index is 13.0. The van der Waals surface area contributed by atoms with Gasteiger partial charge in [-0.1, -0.05) is 50.6 Å². The van der Waals surface area contributed by atoms with Gasteiger partial charge in [-0.2, -0.15) is 12.6 Å². The van der Waals surface area contributed by atoms with Gasteiger partial charge < -0.3 is 32.5 Å². The third-order valence-corrected chi connectivity index (χ3v) is 5.66. The Morgan fingerprint density at radius 2 is 1.56 bits per heavy atom. The molecule has 4 amide bonds. The van der Waals surface area contributed by atoms with Crippen LogP contribution in [0.5, 0.6) is 0 Å². The molecule has 0 saturated carbocycles. The molecule has 188 valence electrons. The molecule has 0 aromatic heterocycles. The smallest absolute Gasteiger partial charge is 0.326 e. The third-order valence-electron chi connectivity index (χ3n) is 5.26. The van der Waals surface area contributed by atoms with Crippen LogP contribution < -0.4 is 27.4 Å². The highest BCUT2D eigenvalue weighted by atomic mass is 32.1. The molecule has 12 heteroatoms. The first kappa shape index (κ1) is 28.9. The maximum absolute atomic E-state index is 13.0. The van der Waals surface area contributed by atoms with Crippen molar-refractivity contribution in [3.8, 4) is 0 Å². The van der Waals surface area contributed by atoms with Crippen LogP contribution in [-0.4, -0.2) is 64.6 Å². The Morgan fingerprint density at radius 1 is 0.971 bits per heavy atom. The summed E-state index contributed by atoms with van der Waals surface area (Å²) >= 11 is 3.93. The minimum atomic E-state index is -1.37. The molecule has 1 rings (SSSR count). The first-order valence-electron chi connectivity index (χ1n) is 10.8. The lowest BCUT2D eigenvalue weighted by molar-refractivity contribution is -0.142. The zero-order chi connectivity index (χ0) is 25.8. The van der Waals surface area contributed by atoms with Gasteiger partial charge >= 0.3 is 5.97 Å². The third kappa shape index (κ3) is 9.40. The van der Waals surface area contributed by atoms with Crippen molar-refractivity contribution in [2.75, 3.05) is 5.75 Å². The van der Waals surface area contributed by atoms with Crippen molar-refractivity contribution in [2.45, 2.75) is 57.3 Å². The van der Waals surface area contributed by atoms with Crippen molar-refractivity contribution >= 4 is 42.2 Å². The molecule has 8 N–H and O–H groups in total. The van der Waals surface area contributed by atoms with Gasteiger partial charge in [0.2, 0.25) is 23.6 Å². The molecule has 5 unspecified atom stereocenters. The molecule has 0 spiro atoms. The van der Waals surface area contributed by atoms with Gasteiger partial charge in [0.15, 0.2) is 0 Å². The lowest BCUT2D eigenvalue weighted by Crippen LogP contribution is -2.59. The normalized spacial score (nSPS) is 15.2. The van der Waals surface area contributed by atoms with Crippen LogP contribution in [0.1, 0.15) is 32.3 Å². The van der Waals surface area contributed by atoms with Crippen molar-refractivity contribution < 1.29 is 29.1 Å². The van der Waals surface area contributed by atoms with Gasteiger partial charge in [-0.15, -0.1) is 0 Å². The summed E-state index contributed by atoms with van der Waals surface area (Å²) in [6.07, 6.45) is 0.00862. The Bertz CT molecular complexity index is 869. The van der Waals surface area contributed by atoms with Crippen molar-refractivity contribution in [3.63, 3.8) is 0 Å². The number of hydrogen-bond acceptors (Lipinski definition) is 7. The first-order chi connectivity index (χ1) is 16.0. The summed E-state index contributed by atoms with van der Waals surface area (Å²) in [5.41, 5.74) is 11.5. The van der Waals surface area contributed by atoms with E-state index in [0.717, 1.165) is 0 Å². The molecule has 0 fully saturated rings. The van der Waals surface area contributed by atoms with Gasteiger partial charge in [-0.05, 0) is 11.5 Å². The highest BCUT2D eigenvalue weighted by Crippen LogP contribution is 2.11. The van der Waals surface area contributed by atoms with E-state index >= 15 is 0 Å². The molecule has 0 aliphatic carbocycles. The van der Waals surface area contributed by atoms with Crippen LogP contribution in [0.15, 0.2) is 30.3 Å². The highest BCUT2D eigenvalue weighted by Gasteiger charge is 2.33. The van der Waals surface area contributed by atoms with E-state index in [1.165, 1.54) is 0 Å². The molecule has 11 nitrogen and oxygen atoms in total. The number of amides is 4. The molecule has 34 heavy (non-hydrogen) atoms. The Morgan fingerprint density at radius 3 is 2.06 bits per heavy atom. The van der Waals surface area contributed by atoms with Crippen LogP contribution in [-0.2, 0) is 30.4 Å². The molecular formula is C22H33N5O6S. The lowest BCUT2D eigenvalue weighted by atomic mass is 9.96. The SMILES string of the molecule is CCC(C)C(NC(=O)C(CC(N)=O)NC(=O)C(N)CS)C(=O)NC(Cc1ccccc1)C(=O)O. The minimum Gasteiger partial charge on any atom is -0.480 e. The average Bonchev–Trinajstić information content (AvgIpc) is 2.80. The number of primary amides is 1. The monoisotopic (exact) mass is 495 g/mol. The van der Waals surface area contributed by atoms with E-state index in [9.17, 15) is 29.1 Å². The number of nitrogens with one attached hydrogen (secondary N) is 3. The molecular weight excluding hydrogens is 462 g/mol. The van der Waals surface area contributed by atoms with Gasteiger partial charge in [0.1, 0.15) is 18.1 Å². The number of thiol groups is 1. The molecule has 5 atom stereocenters. The fourth-order valence-corrected chi connectivity index (χ4v) is 3.21. The van der Waals surface area contributed by atoms with Gasteiger partial charge in [0.05, 0.1) is 12.5 Å². The Hall–Kier alpha value is -3.12. The first-order valence-corrected chi connectivity index (χ1v) is 11.5. The largest absolute Gasteiger partial charge is 0.480 e. The van der Waals surface area contributed by atoms with Gasteiger partial charge in [-0.25, -0.2) is 4.79 Å². The Balaban J connectivity index is 3.03. The number of aliphatic carboxylic acids is 1. The topological polar surface area (TPSA) is 194 Å². The summed E-state index contributed by atoms with van der Waals surface area (Å²) < 4.78 is 0. The summed E-state index contributed by atoms with van der Waals surface area (Å²) in [7, 11) is 0. The van der Waals surface area contributed by atoms with Crippen molar-refractivity contribution in [2.24, 2.45) is 17.4 Å². The molecule has 0 heterocycles. The predicted octanol–water partition coefficient (Wildman–Crippen LogP) is -1.05. The van der Waals surface area contributed by atoms with E-state index in [1.54, 1.807) is 44.2 Å². The molecule has 1 aromatic carbocycles.